The molecule has 108 valence electrons. The van der Waals surface area contributed by atoms with Gasteiger partial charge in [0.1, 0.15) is 16.2 Å². The highest BCUT2D eigenvalue weighted by Gasteiger charge is 2.11. The maximum absolute atomic E-state index is 8.72. The van der Waals surface area contributed by atoms with Crippen LogP contribution in [0.15, 0.2) is 45.9 Å². The lowest BCUT2D eigenvalue weighted by Gasteiger charge is -2.11. The third-order valence-corrected chi connectivity index (χ3v) is 5.05. The molecule has 2 heterocycles. The van der Waals surface area contributed by atoms with Crippen molar-refractivity contribution in [2.45, 2.75) is 16.8 Å². The van der Waals surface area contributed by atoms with E-state index in [9.17, 15) is 0 Å². The molecule has 21 heavy (non-hydrogen) atoms. The predicted molar refractivity (Wildman–Crippen MR) is 86.1 cm³/mol. The van der Waals surface area contributed by atoms with E-state index in [0.717, 1.165) is 25.8 Å². The zero-order chi connectivity index (χ0) is 14.7. The molecule has 3 rings (SSSR count). The van der Waals surface area contributed by atoms with Gasteiger partial charge in [0, 0.05) is 16.0 Å². The topological polar surface area (TPSA) is 70.1 Å². The second-order valence-electron chi connectivity index (χ2n) is 4.39. The average molecular weight is 318 g/mol. The van der Waals surface area contributed by atoms with Crippen LogP contribution in [0.4, 0.5) is 5.69 Å². The van der Waals surface area contributed by atoms with Gasteiger partial charge in [0.15, 0.2) is 0 Å². The number of benzene rings is 1. The van der Waals surface area contributed by atoms with Gasteiger partial charge in [-0.3, -0.25) is 0 Å². The van der Waals surface area contributed by atoms with Crippen LogP contribution < -0.4 is 10.8 Å². The second-order valence-corrected chi connectivity index (χ2v) is 6.28. The van der Waals surface area contributed by atoms with Crippen molar-refractivity contribution in [1.29, 1.82) is 0 Å². The lowest BCUT2D eigenvalue weighted by molar-refractivity contribution is 0.175. The Balaban J connectivity index is 1.97. The number of hydroxylamine groups is 1. The highest BCUT2D eigenvalue weighted by atomic mass is 32.2. The molecule has 1 aromatic carbocycles. The van der Waals surface area contributed by atoms with Crippen LogP contribution in [0.5, 0.6) is 0 Å². The number of rotatable bonds is 5. The molecule has 0 aliphatic heterocycles. The Labute approximate surface area is 130 Å². The van der Waals surface area contributed by atoms with Crippen LogP contribution in [-0.4, -0.2) is 21.8 Å². The Hall–Kier alpha value is -1.67. The Kier molecular flexibility index (Phi) is 4.35. The van der Waals surface area contributed by atoms with E-state index in [0.29, 0.717) is 0 Å². The van der Waals surface area contributed by atoms with Crippen molar-refractivity contribution in [2.75, 3.05) is 12.0 Å². The molecular weight excluding hydrogens is 304 g/mol. The van der Waals surface area contributed by atoms with Crippen LogP contribution in [-0.2, 0) is 0 Å². The van der Waals surface area contributed by atoms with Gasteiger partial charge < -0.3 is 10.5 Å². The number of aryl methyl sites for hydroxylation is 1. The van der Waals surface area contributed by atoms with Gasteiger partial charge in [-0.1, -0.05) is 23.9 Å². The minimum Gasteiger partial charge on any atom is -0.370 e. The lowest BCUT2D eigenvalue weighted by Crippen LogP contribution is -2.17. The Morgan fingerprint density at radius 3 is 3.00 bits per heavy atom. The molecule has 0 amide bonds. The summed E-state index contributed by atoms with van der Waals surface area (Å²) in [4.78, 5) is 10.8. The van der Waals surface area contributed by atoms with Crippen LogP contribution >= 0.6 is 23.1 Å². The van der Waals surface area contributed by atoms with Crippen LogP contribution in [0.1, 0.15) is 5.56 Å². The predicted octanol–water partition coefficient (Wildman–Crippen LogP) is 3.50. The van der Waals surface area contributed by atoms with Crippen molar-refractivity contribution in [3.8, 4) is 0 Å². The molecule has 3 N–H and O–H groups in total. The summed E-state index contributed by atoms with van der Waals surface area (Å²) in [7, 11) is 0. The van der Waals surface area contributed by atoms with E-state index in [4.69, 9.17) is 5.21 Å². The molecule has 0 saturated carbocycles. The number of para-hydroxylation sites is 1. The number of fused-ring (bicyclic) bond motifs is 1. The number of nitrogens with one attached hydrogen (secondary N) is 2. The normalized spacial score (nSPS) is 11.0. The third-order valence-electron chi connectivity index (χ3n) is 2.97. The number of hydrogen-bond acceptors (Lipinski definition) is 7. The highest BCUT2D eigenvalue weighted by molar-refractivity contribution is 7.99. The minimum absolute atomic E-state index is 0.286. The third kappa shape index (κ3) is 3.01. The molecule has 0 spiro atoms. The summed E-state index contributed by atoms with van der Waals surface area (Å²) < 4.78 is 0. The van der Waals surface area contributed by atoms with Crippen molar-refractivity contribution in [3.05, 3.63) is 41.5 Å². The van der Waals surface area contributed by atoms with Gasteiger partial charge in [-0.05, 0) is 30.0 Å². The molecule has 0 unspecified atom stereocenters. The van der Waals surface area contributed by atoms with Crippen molar-refractivity contribution in [1.82, 2.24) is 15.4 Å². The summed E-state index contributed by atoms with van der Waals surface area (Å²) in [6.45, 7) is 2.36. The molecule has 3 aromatic rings. The molecule has 0 atom stereocenters. The molecule has 0 fully saturated rings. The average Bonchev–Trinajstić information content (AvgIpc) is 2.89. The standard InChI is InChI=1S/C14H14N4OS2/c1-9-6-20-13-12(9)14(17-7-16-13)21-11-5-3-2-4-10(11)15-8-18-19/h2-7,15,18-19H,8H2,1H3. The van der Waals surface area contributed by atoms with Gasteiger partial charge in [0.05, 0.1) is 6.67 Å². The molecule has 0 saturated heterocycles. The summed E-state index contributed by atoms with van der Waals surface area (Å²) in [5.41, 5.74) is 4.24. The molecule has 0 bridgehead atoms. The largest absolute Gasteiger partial charge is 0.370 e. The Morgan fingerprint density at radius 2 is 2.14 bits per heavy atom. The van der Waals surface area contributed by atoms with Crippen LogP contribution in [0.3, 0.4) is 0 Å². The van der Waals surface area contributed by atoms with Gasteiger partial charge in [0.25, 0.3) is 0 Å². The molecule has 7 heteroatoms. The molecule has 5 nitrogen and oxygen atoms in total. The minimum atomic E-state index is 0.286. The van der Waals surface area contributed by atoms with Crippen LogP contribution in [0.2, 0.25) is 0 Å². The fourth-order valence-electron chi connectivity index (χ4n) is 2.00. The van der Waals surface area contributed by atoms with E-state index in [2.05, 4.69) is 33.1 Å². The number of aromatic nitrogens is 2. The summed E-state index contributed by atoms with van der Waals surface area (Å²) >= 11 is 3.23. The quantitative estimate of drug-likeness (QED) is 0.380. The van der Waals surface area contributed by atoms with E-state index >= 15 is 0 Å². The number of thiophene rings is 1. The first-order valence-corrected chi connectivity index (χ1v) is 8.05. The maximum atomic E-state index is 8.72. The van der Waals surface area contributed by atoms with E-state index in [1.807, 2.05) is 24.3 Å². The first-order valence-electron chi connectivity index (χ1n) is 6.36. The van der Waals surface area contributed by atoms with Gasteiger partial charge in [0.2, 0.25) is 0 Å². The Bertz CT molecular complexity index is 760. The SMILES string of the molecule is Cc1csc2ncnc(Sc3ccccc3NCNO)c12. The van der Waals surface area contributed by atoms with Gasteiger partial charge >= 0.3 is 0 Å². The smallest absolute Gasteiger partial charge is 0.128 e. The molecule has 0 aliphatic carbocycles. The van der Waals surface area contributed by atoms with E-state index in [1.165, 1.54) is 5.56 Å². The fraction of sp³-hybridized carbons (Fsp3) is 0.143. The van der Waals surface area contributed by atoms with E-state index in [-0.39, 0.29) is 6.67 Å². The summed E-state index contributed by atoms with van der Waals surface area (Å²) in [5, 5.41) is 16.0. The summed E-state index contributed by atoms with van der Waals surface area (Å²) in [5.74, 6) is 0. The Morgan fingerprint density at radius 1 is 1.29 bits per heavy atom. The lowest BCUT2D eigenvalue weighted by atomic mass is 10.3. The molecular formula is C14H14N4OS2. The van der Waals surface area contributed by atoms with Crippen molar-refractivity contribution in [3.63, 3.8) is 0 Å². The highest BCUT2D eigenvalue weighted by Crippen LogP contribution is 2.37. The maximum Gasteiger partial charge on any atom is 0.128 e. The molecule has 2 aromatic heterocycles. The van der Waals surface area contributed by atoms with Crippen molar-refractivity contribution < 1.29 is 5.21 Å². The van der Waals surface area contributed by atoms with Crippen molar-refractivity contribution in [2.24, 2.45) is 0 Å². The van der Waals surface area contributed by atoms with Gasteiger partial charge in [-0.2, -0.15) is 5.48 Å². The van der Waals surface area contributed by atoms with E-state index < -0.39 is 0 Å². The first kappa shape index (κ1) is 14.3. The monoisotopic (exact) mass is 318 g/mol. The summed E-state index contributed by atoms with van der Waals surface area (Å²) in [6, 6.07) is 7.94. The van der Waals surface area contributed by atoms with E-state index in [1.54, 1.807) is 29.4 Å². The number of nitrogens with zero attached hydrogens (tertiary/aromatic N) is 2. The van der Waals surface area contributed by atoms with Gasteiger partial charge in [-0.15, -0.1) is 11.3 Å². The number of anilines is 1. The van der Waals surface area contributed by atoms with Crippen LogP contribution in [0.25, 0.3) is 10.2 Å². The second kappa shape index (κ2) is 6.40. The number of hydrogen-bond donors (Lipinski definition) is 3. The fourth-order valence-corrected chi connectivity index (χ4v) is 4.02. The summed E-state index contributed by atoms with van der Waals surface area (Å²) in [6.07, 6.45) is 1.60. The molecule has 0 aliphatic rings. The van der Waals surface area contributed by atoms with Crippen molar-refractivity contribution >= 4 is 39.0 Å². The molecule has 0 radical (unpaired) electrons. The zero-order valence-electron chi connectivity index (χ0n) is 11.3. The zero-order valence-corrected chi connectivity index (χ0v) is 13.0. The van der Waals surface area contributed by atoms with Crippen LogP contribution in [0, 0.1) is 6.92 Å². The van der Waals surface area contributed by atoms with Gasteiger partial charge in [-0.25, -0.2) is 9.97 Å². The first-order chi connectivity index (χ1) is 10.3.